The summed E-state index contributed by atoms with van der Waals surface area (Å²) in [6, 6.07) is 16.7. The highest BCUT2D eigenvalue weighted by atomic mass is 16.5. The molecular formula is C23H31NO3. The highest BCUT2D eigenvalue weighted by Crippen LogP contribution is 2.26. The number of rotatable bonds is 6. The van der Waals surface area contributed by atoms with Crippen LogP contribution in [0.4, 0.5) is 0 Å². The first-order valence-corrected chi connectivity index (χ1v) is 9.58. The molecule has 4 heteroatoms. The molecule has 1 N–H and O–H groups in total. The average Bonchev–Trinajstić information content (AvgIpc) is 3.05. The Balaban J connectivity index is 0.000000313. The first kappa shape index (κ1) is 21.1. The number of Topliss-reactive ketones (excluding diaryl/α,β-unsaturated/α-hetero) is 1. The summed E-state index contributed by atoms with van der Waals surface area (Å²) in [6.07, 6.45) is 1.12. The van der Waals surface area contributed by atoms with E-state index in [-0.39, 0.29) is 11.5 Å². The molecule has 0 bridgehead atoms. The topological polar surface area (TPSA) is 49.8 Å². The molecule has 0 aromatic heterocycles. The molecule has 27 heavy (non-hydrogen) atoms. The first-order valence-electron chi connectivity index (χ1n) is 9.58. The molecule has 146 valence electrons. The molecule has 0 amide bonds. The van der Waals surface area contributed by atoms with E-state index in [1.807, 2.05) is 18.2 Å². The maximum atomic E-state index is 12.2. The number of nitrogens with zero attached hydrogens (tertiary/aromatic N) is 1. The van der Waals surface area contributed by atoms with Gasteiger partial charge in [0.25, 0.3) is 0 Å². The van der Waals surface area contributed by atoms with E-state index in [4.69, 9.17) is 4.74 Å². The number of aryl methyl sites for hydroxylation is 1. The van der Waals surface area contributed by atoms with Crippen molar-refractivity contribution < 1.29 is 14.6 Å². The molecule has 2 aromatic carbocycles. The number of methoxy groups -OCH3 is 1. The Labute approximate surface area is 162 Å². The number of hydrogen-bond acceptors (Lipinski definition) is 4. The van der Waals surface area contributed by atoms with Gasteiger partial charge in [0.2, 0.25) is 0 Å². The van der Waals surface area contributed by atoms with Crippen molar-refractivity contribution in [3.8, 4) is 5.75 Å². The van der Waals surface area contributed by atoms with Crippen LogP contribution in [-0.4, -0.2) is 49.1 Å². The third-order valence-electron chi connectivity index (χ3n) is 5.05. The molecule has 2 unspecified atom stereocenters. The van der Waals surface area contributed by atoms with Gasteiger partial charge in [-0.1, -0.05) is 49.2 Å². The van der Waals surface area contributed by atoms with Gasteiger partial charge >= 0.3 is 0 Å². The number of phenolic OH excluding ortho intramolecular Hbond substituents is 1. The minimum absolute atomic E-state index is 0.109. The van der Waals surface area contributed by atoms with Crippen LogP contribution >= 0.6 is 0 Å². The lowest BCUT2D eigenvalue weighted by atomic mass is 9.95. The van der Waals surface area contributed by atoms with E-state index in [9.17, 15) is 9.90 Å². The lowest BCUT2D eigenvalue weighted by Crippen LogP contribution is -2.28. The van der Waals surface area contributed by atoms with E-state index in [1.165, 1.54) is 5.56 Å². The zero-order valence-electron chi connectivity index (χ0n) is 16.6. The Hall–Kier alpha value is -2.17. The van der Waals surface area contributed by atoms with Gasteiger partial charge in [0, 0.05) is 25.8 Å². The lowest BCUT2D eigenvalue weighted by molar-refractivity contribution is 0.0937. The molecule has 1 aliphatic rings. The minimum Gasteiger partial charge on any atom is -0.508 e. The summed E-state index contributed by atoms with van der Waals surface area (Å²) in [5, 5.41) is 9.25. The average molecular weight is 370 g/mol. The number of carbonyl (C=O) groups is 1. The number of ketones is 1. The molecule has 2 atom stereocenters. The van der Waals surface area contributed by atoms with Crippen LogP contribution < -0.4 is 0 Å². The van der Waals surface area contributed by atoms with Crippen molar-refractivity contribution in [1.29, 1.82) is 0 Å². The van der Waals surface area contributed by atoms with Gasteiger partial charge in [-0.3, -0.25) is 9.69 Å². The summed E-state index contributed by atoms with van der Waals surface area (Å²) in [5.41, 5.74) is 1.98. The third kappa shape index (κ3) is 6.81. The van der Waals surface area contributed by atoms with Crippen molar-refractivity contribution in [2.45, 2.75) is 20.3 Å². The Morgan fingerprint density at radius 2 is 1.70 bits per heavy atom. The predicted octanol–water partition coefficient (Wildman–Crippen LogP) is 4.17. The maximum absolute atomic E-state index is 12.2. The summed E-state index contributed by atoms with van der Waals surface area (Å²) in [6.45, 7) is 7.38. The van der Waals surface area contributed by atoms with Crippen LogP contribution in [0.2, 0.25) is 0 Å². The number of benzene rings is 2. The second-order valence-corrected chi connectivity index (χ2v) is 7.20. The zero-order chi connectivity index (χ0) is 19.6. The molecule has 3 rings (SSSR count). The van der Waals surface area contributed by atoms with Crippen molar-refractivity contribution in [1.82, 2.24) is 4.90 Å². The van der Waals surface area contributed by atoms with Gasteiger partial charge in [0.15, 0.2) is 5.78 Å². The smallest absolute Gasteiger partial charge is 0.176 e. The quantitative estimate of drug-likeness (QED) is 0.776. The van der Waals surface area contributed by atoms with Gasteiger partial charge in [-0.2, -0.15) is 0 Å². The van der Waals surface area contributed by atoms with E-state index < -0.39 is 0 Å². The lowest BCUT2D eigenvalue weighted by Gasteiger charge is -2.14. The molecule has 0 spiro atoms. The largest absolute Gasteiger partial charge is 0.508 e. The summed E-state index contributed by atoms with van der Waals surface area (Å²) < 4.78 is 5.27. The number of carbonyl (C=O) groups excluding carboxylic acids is 1. The SMILES string of the molecule is CCC1CN(CC(=O)c2ccc(O)cc2)CC1COC.Cc1ccccc1. The summed E-state index contributed by atoms with van der Waals surface area (Å²) in [4.78, 5) is 14.4. The molecule has 1 heterocycles. The summed E-state index contributed by atoms with van der Waals surface area (Å²) in [5.74, 6) is 1.44. The van der Waals surface area contributed by atoms with E-state index in [0.29, 0.717) is 23.9 Å². The van der Waals surface area contributed by atoms with E-state index in [2.05, 4.69) is 30.9 Å². The van der Waals surface area contributed by atoms with Crippen molar-refractivity contribution in [3.05, 3.63) is 65.7 Å². The monoisotopic (exact) mass is 369 g/mol. The molecule has 2 aromatic rings. The van der Waals surface area contributed by atoms with Crippen LogP contribution in [-0.2, 0) is 4.74 Å². The summed E-state index contributed by atoms with van der Waals surface area (Å²) >= 11 is 0. The molecule has 4 nitrogen and oxygen atoms in total. The van der Waals surface area contributed by atoms with Gasteiger partial charge < -0.3 is 9.84 Å². The summed E-state index contributed by atoms with van der Waals surface area (Å²) in [7, 11) is 1.73. The van der Waals surface area contributed by atoms with Crippen molar-refractivity contribution >= 4 is 5.78 Å². The van der Waals surface area contributed by atoms with Gasteiger partial charge in [-0.05, 0) is 43.0 Å². The molecule has 0 radical (unpaired) electrons. The van der Waals surface area contributed by atoms with Crippen LogP contribution in [0, 0.1) is 18.8 Å². The minimum atomic E-state index is 0.109. The third-order valence-corrected chi connectivity index (χ3v) is 5.05. The van der Waals surface area contributed by atoms with Crippen LogP contribution in [0.5, 0.6) is 5.75 Å². The maximum Gasteiger partial charge on any atom is 0.176 e. The number of phenols is 1. The second kappa shape index (κ2) is 10.9. The number of ether oxygens (including phenoxy) is 1. The van der Waals surface area contributed by atoms with E-state index in [1.54, 1.807) is 31.4 Å². The molecule has 1 fully saturated rings. The van der Waals surface area contributed by atoms with Crippen molar-refractivity contribution in [2.75, 3.05) is 33.4 Å². The fourth-order valence-electron chi connectivity index (χ4n) is 3.51. The van der Waals surface area contributed by atoms with Gasteiger partial charge in [0.05, 0.1) is 13.2 Å². The normalized spacial score (nSPS) is 19.4. The fraction of sp³-hybridized carbons (Fsp3) is 0.435. The predicted molar refractivity (Wildman–Crippen MR) is 109 cm³/mol. The highest BCUT2D eigenvalue weighted by Gasteiger charge is 2.32. The Kier molecular flexibility index (Phi) is 8.49. The second-order valence-electron chi connectivity index (χ2n) is 7.20. The van der Waals surface area contributed by atoms with Crippen LogP contribution in [0.25, 0.3) is 0 Å². The molecule has 1 saturated heterocycles. The van der Waals surface area contributed by atoms with E-state index in [0.717, 1.165) is 26.1 Å². The molecule has 1 aliphatic heterocycles. The standard InChI is InChI=1S/C16H23NO3.C7H8/c1-3-12-8-17(9-14(12)11-20-2)10-16(19)13-4-6-15(18)7-5-13;1-7-5-3-2-4-6-7/h4-7,12,14,18H,3,8-11H2,1-2H3;2-6H,1H3. The molecule has 0 aliphatic carbocycles. The number of hydrogen-bond donors (Lipinski definition) is 1. The van der Waals surface area contributed by atoms with Crippen molar-refractivity contribution in [2.24, 2.45) is 11.8 Å². The van der Waals surface area contributed by atoms with Gasteiger partial charge in [0.1, 0.15) is 5.75 Å². The molecular weight excluding hydrogens is 338 g/mol. The van der Waals surface area contributed by atoms with Crippen LogP contribution in [0.3, 0.4) is 0 Å². The van der Waals surface area contributed by atoms with E-state index >= 15 is 0 Å². The number of aromatic hydroxyl groups is 1. The Morgan fingerprint density at radius 1 is 1.07 bits per heavy atom. The van der Waals surface area contributed by atoms with Crippen molar-refractivity contribution in [3.63, 3.8) is 0 Å². The first-order chi connectivity index (χ1) is 13.0. The molecule has 0 saturated carbocycles. The fourth-order valence-corrected chi connectivity index (χ4v) is 3.51. The van der Waals surface area contributed by atoms with Gasteiger partial charge in [-0.25, -0.2) is 0 Å². The Bertz CT molecular complexity index is 685. The van der Waals surface area contributed by atoms with Crippen LogP contribution in [0.1, 0.15) is 29.3 Å². The zero-order valence-corrected chi connectivity index (χ0v) is 16.6. The van der Waals surface area contributed by atoms with Crippen LogP contribution in [0.15, 0.2) is 54.6 Å². The number of likely N-dealkylation sites (tertiary alicyclic amines) is 1. The highest BCUT2D eigenvalue weighted by molar-refractivity contribution is 5.97. The van der Waals surface area contributed by atoms with Gasteiger partial charge in [-0.15, -0.1) is 0 Å². The Morgan fingerprint density at radius 3 is 2.22 bits per heavy atom.